The minimum Gasteiger partial charge on any atom is -0.228 e. The fourth-order valence-electron chi connectivity index (χ4n) is 7.53. The first kappa shape index (κ1) is 29.1. The van der Waals surface area contributed by atoms with Crippen molar-refractivity contribution in [1.29, 1.82) is 0 Å². The Morgan fingerprint density at radius 2 is 0.857 bits per heavy atom. The first-order chi connectivity index (χ1) is 24.0. The SMILES string of the molecule is CC1(C)c2ccccc2-c2c1cc1ccccc1c2-c1nc(-c2ccc(-c3ccccc3)cc2)cc(-c2ccc(-c3ccccc3)cc2)n1. The zero-order chi connectivity index (χ0) is 33.0. The summed E-state index contributed by atoms with van der Waals surface area (Å²) in [7, 11) is 0. The van der Waals surface area contributed by atoms with Crippen LogP contribution in [0.4, 0.5) is 0 Å². The van der Waals surface area contributed by atoms with E-state index < -0.39 is 0 Å². The van der Waals surface area contributed by atoms with Gasteiger partial charge in [0.15, 0.2) is 5.82 Å². The van der Waals surface area contributed by atoms with Crippen LogP contribution in [-0.2, 0) is 5.41 Å². The van der Waals surface area contributed by atoms with E-state index in [9.17, 15) is 0 Å². The predicted octanol–water partition coefficient (Wildman–Crippen LogP) is 12.3. The minimum atomic E-state index is -0.147. The maximum Gasteiger partial charge on any atom is 0.161 e. The van der Waals surface area contributed by atoms with E-state index in [-0.39, 0.29) is 5.41 Å². The van der Waals surface area contributed by atoms with Gasteiger partial charge in [0.05, 0.1) is 11.4 Å². The lowest BCUT2D eigenvalue weighted by atomic mass is 9.81. The van der Waals surface area contributed by atoms with Gasteiger partial charge in [-0.05, 0) is 67.4 Å². The summed E-state index contributed by atoms with van der Waals surface area (Å²) >= 11 is 0. The van der Waals surface area contributed by atoms with E-state index in [1.165, 1.54) is 49.9 Å². The van der Waals surface area contributed by atoms with Crippen LogP contribution in [0.2, 0.25) is 0 Å². The molecule has 0 aliphatic heterocycles. The molecule has 0 fully saturated rings. The van der Waals surface area contributed by atoms with Gasteiger partial charge in [0.1, 0.15) is 0 Å². The standard InChI is InChI=1S/C47H34N2/c1-47(2)40-20-12-11-19-39(40)44-41(47)29-37-17-9-10-18-38(37)45(44)46-48-42(35-25-21-33(22-26-35)31-13-5-3-6-14-31)30-43(49-46)36-27-23-34(24-28-36)32-15-7-4-8-16-32/h3-30H,1-2H3. The molecular weight excluding hydrogens is 593 g/mol. The van der Waals surface area contributed by atoms with Crippen LogP contribution in [0.5, 0.6) is 0 Å². The van der Waals surface area contributed by atoms with Crippen LogP contribution < -0.4 is 0 Å². The normalized spacial score (nSPS) is 12.9. The molecular formula is C47H34N2. The average molecular weight is 627 g/mol. The monoisotopic (exact) mass is 626 g/mol. The topological polar surface area (TPSA) is 25.8 Å². The maximum absolute atomic E-state index is 5.40. The highest BCUT2D eigenvalue weighted by atomic mass is 14.9. The summed E-state index contributed by atoms with van der Waals surface area (Å²) in [6.07, 6.45) is 0. The molecule has 0 spiro atoms. The Morgan fingerprint density at radius 1 is 0.388 bits per heavy atom. The predicted molar refractivity (Wildman–Crippen MR) is 204 cm³/mol. The number of nitrogens with zero attached hydrogens (tertiary/aromatic N) is 2. The molecule has 0 N–H and O–H groups in total. The van der Waals surface area contributed by atoms with Gasteiger partial charge in [0.25, 0.3) is 0 Å². The molecule has 2 nitrogen and oxygen atoms in total. The molecule has 2 heteroatoms. The van der Waals surface area contributed by atoms with Crippen LogP contribution in [0.15, 0.2) is 170 Å². The zero-order valence-corrected chi connectivity index (χ0v) is 27.6. The molecule has 1 aliphatic rings. The Hall–Kier alpha value is -6.12. The third-order valence-corrected chi connectivity index (χ3v) is 10.1. The van der Waals surface area contributed by atoms with Crippen molar-refractivity contribution in [2.45, 2.75) is 19.3 Å². The largest absolute Gasteiger partial charge is 0.228 e. The van der Waals surface area contributed by atoms with Crippen molar-refractivity contribution in [3.05, 3.63) is 181 Å². The van der Waals surface area contributed by atoms with Crippen molar-refractivity contribution in [3.8, 4) is 67.3 Å². The van der Waals surface area contributed by atoms with E-state index >= 15 is 0 Å². The van der Waals surface area contributed by atoms with Crippen LogP contribution in [0.1, 0.15) is 25.0 Å². The van der Waals surface area contributed by atoms with Crippen molar-refractivity contribution >= 4 is 10.8 Å². The molecule has 0 unspecified atom stereocenters. The van der Waals surface area contributed by atoms with Crippen molar-refractivity contribution in [1.82, 2.24) is 9.97 Å². The zero-order valence-electron chi connectivity index (χ0n) is 27.6. The third-order valence-electron chi connectivity index (χ3n) is 10.1. The van der Waals surface area contributed by atoms with Crippen LogP contribution in [0.3, 0.4) is 0 Å². The molecule has 0 saturated heterocycles. The average Bonchev–Trinajstić information content (AvgIpc) is 3.40. The maximum atomic E-state index is 5.40. The van der Waals surface area contributed by atoms with E-state index in [1.54, 1.807) is 0 Å². The first-order valence-corrected chi connectivity index (χ1v) is 16.9. The Kier molecular flexibility index (Phi) is 6.84. The number of hydrogen-bond donors (Lipinski definition) is 0. The second kappa shape index (κ2) is 11.5. The fraction of sp³-hybridized carbons (Fsp3) is 0.0638. The second-order valence-corrected chi connectivity index (χ2v) is 13.4. The molecule has 1 aliphatic carbocycles. The highest BCUT2D eigenvalue weighted by Gasteiger charge is 2.38. The summed E-state index contributed by atoms with van der Waals surface area (Å²) in [6.45, 7) is 4.67. The van der Waals surface area contributed by atoms with Gasteiger partial charge in [-0.1, -0.05) is 172 Å². The molecule has 7 aromatic carbocycles. The number of hydrogen-bond acceptors (Lipinski definition) is 2. The summed E-state index contributed by atoms with van der Waals surface area (Å²) < 4.78 is 0. The minimum absolute atomic E-state index is 0.147. The summed E-state index contributed by atoms with van der Waals surface area (Å²) in [4.78, 5) is 10.8. The van der Waals surface area contributed by atoms with Crippen LogP contribution in [0, 0.1) is 0 Å². The van der Waals surface area contributed by atoms with Gasteiger partial charge in [0, 0.05) is 22.1 Å². The van der Waals surface area contributed by atoms with Crippen LogP contribution in [0.25, 0.3) is 78.1 Å². The van der Waals surface area contributed by atoms with Gasteiger partial charge < -0.3 is 0 Å². The van der Waals surface area contributed by atoms with E-state index in [2.05, 4.69) is 184 Å². The molecule has 0 radical (unpaired) electrons. The molecule has 1 aromatic heterocycles. The second-order valence-electron chi connectivity index (χ2n) is 13.4. The first-order valence-electron chi connectivity index (χ1n) is 16.9. The highest BCUT2D eigenvalue weighted by molar-refractivity contribution is 6.07. The van der Waals surface area contributed by atoms with Gasteiger partial charge in [0.2, 0.25) is 0 Å². The highest BCUT2D eigenvalue weighted by Crippen LogP contribution is 2.54. The Labute approximate surface area is 287 Å². The van der Waals surface area contributed by atoms with Crippen molar-refractivity contribution < 1.29 is 0 Å². The molecule has 232 valence electrons. The summed E-state index contributed by atoms with van der Waals surface area (Å²) in [5.74, 6) is 0.743. The van der Waals surface area contributed by atoms with Crippen LogP contribution >= 0.6 is 0 Å². The molecule has 49 heavy (non-hydrogen) atoms. The van der Waals surface area contributed by atoms with Crippen molar-refractivity contribution in [2.24, 2.45) is 0 Å². The van der Waals surface area contributed by atoms with E-state index in [1.807, 2.05) is 0 Å². The summed E-state index contributed by atoms with van der Waals surface area (Å²) in [6, 6.07) is 60.5. The summed E-state index contributed by atoms with van der Waals surface area (Å²) in [5, 5.41) is 2.36. The molecule has 1 heterocycles. The smallest absolute Gasteiger partial charge is 0.161 e. The number of rotatable bonds is 5. The van der Waals surface area contributed by atoms with E-state index in [4.69, 9.17) is 9.97 Å². The third kappa shape index (κ3) is 4.96. The lowest BCUT2D eigenvalue weighted by Gasteiger charge is -2.22. The molecule has 0 saturated carbocycles. The van der Waals surface area contributed by atoms with Gasteiger partial charge in [-0.15, -0.1) is 0 Å². The lowest BCUT2D eigenvalue weighted by molar-refractivity contribution is 0.661. The Morgan fingerprint density at radius 3 is 1.45 bits per heavy atom. The lowest BCUT2D eigenvalue weighted by Crippen LogP contribution is -2.15. The Bertz CT molecular complexity index is 2380. The Balaban J connectivity index is 1.28. The van der Waals surface area contributed by atoms with Crippen molar-refractivity contribution in [3.63, 3.8) is 0 Å². The van der Waals surface area contributed by atoms with Crippen LogP contribution in [-0.4, -0.2) is 9.97 Å². The molecule has 8 aromatic rings. The summed E-state index contributed by atoms with van der Waals surface area (Å²) in [5.41, 5.74) is 14.8. The van der Waals surface area contributed by atoms with Crippen molar-refractivity contribution in [2.75, 3.05) is 0 Å². The van der Waals surface area contributed by atoms with Gasteiger partial charge in [-0.3, -0.25) is 0 Å². The quantitative estimate of drug-likeness (QED) is 0.190. The number of benzene rings is 7. The molecule has 0 amide bonds. The van der Waals surface area contributed by atoms with E-state index in [0.29, 0.717) is 0 Å². The van der Waals surface area contributed by atoms with Gasteiger partial charge >= 0.3 is 0 Å². The number of aromatic nitrogens is 2. The number of fused-ring (bicyclic) bond motifs is 4. The van der Waals surface area contributed by atoms with Gasteiger partial charge in [-0.2, -0.15) is 0 Å². The fourth-order valence-corrected chi connectivity index (χ4v) is 7.53. The van der Waals surface area contributed by atoms with E-state index in [0.717, 1.165) is 39.3 Å². The molecule has 0 atom stereocenters. The molecule has 0 bridgehead atoms. The molecule has 9 rings (SSSR count). The van der Waals surface area contributed by atoms with Gasteiger partial charge in [-0.25, -0.2) is 9.97 Å².